The van der Waals surface area contributed by atoms with E-state index >= 15 is 0 Å². The first-order valence-corrected chi connectivity index (χ1v) is 6.91. The molecule has 6 heteroatoms. The number of aliphatic hydroxyl groups is 1. The summed E-state index contributed by atoms with van der Waals surface area (Å²) in [6.07, 6.45) is 3.06. The quantitative estimate of drug-likeness (QED) is 0.834. The van der Waals surface area contributed by atoms with Crippen molar-refractivity contribution in [3.8, 4) is 0 Å². The van der Waals surface area contributed by atoms with Crippen LogP contribution in [0.4, 0.5) is 5.69 Å². The monoisotopic (exact) mass is 293 g/mol. The minimum absolute atomic E-state index is 0.257. The van der Waals surface area contributed by atoms with Crippen LogP contribution in [0.1, 0.15) is 26.0 Å². The average molecular weight is 294 g/mol. The van der Waals surface area contributed by atoms with Gasteiger partial charge in [-0.3, -0.25) is 9.78 Å². The molecule has 2 aromatic heterocycles. The number of fused-ring (bicyclic) bond motifs is 1. The lowest BCUT2D eigenvalue weighted by atomic mass is 10.1. The molecule has 1 amide bonds. The number of halogens is 1. The Hall–Kier alpha value is -1.59. The highest BCUT2D eigenvalue weighted by molar-refractivity contribution is 6.23. The van der Waals surface area contributed by atoms with Crippen molar-refractivity contribution in [2.75, 3.05) is 11.4 Å². The molecule has 0 bridgehead atoms. The van der Waals surface area contributed by atoms with Crippen molar-refractivity contribution in [2.24, 2.45) is 0 Å². The number of hydrogen-bond acceptors (Lipinski definition) is 3. The van der Waals surface area contributed by atoms with E-state index in [0.717, 1.165) is 22.3 Å². The molecule has 0 aromatic carbocycles. The first-order chi connectivity index (χ1) is 9.38. The Balaban J connectivity index is 2.05. The van der Waals surface area contributed by atoms with Crippen LogP contribution in [0.25, 0.3) is 10.9 Å². The Kier molecular flexibility index (Phi) is 2.99. The molecule has 3 heterocycles. The summed E-state index contributed by atoms with van der Waals surface area (Å²) in [6, 6.07) is 1.89. The molecular weight excluding hydrogens is 278 g/mol. The number of hydrogen-bond donors (Lipinski definition) is 2. The molecule has 0 aliphatic carbocycles. The number of aromatic amines is 1. The molecule has 1 atom stereocenters. The van der Waals surface area contributed by atoms with E-state index in [1.165, 1.54) is 0 Å². The summed E-state index contributed by atoms with van der Waals surface area (Å²) < 4.78 is 0. The predicted molar refractivity (Wildman–Crippen MR) is 77.9 cm³/mol. The predicted octanol–water partition coefficient (Wildman–Crippen LogP) is 2.13. The van der Waals surface area contributed by atoms with E-state index in [1.807, 2.05) is 19.9 Å². The minimum atomic E-state index is -0.894. The van der Waals surface area contributed by atoms with Gasteiger partial charge in [-0.1, -0.05) is 0 Å². The summed E-state index contributed by atoms with van der Waals surface area (Å²) in [6.45, 7) is 4.29. The second kappa shape index (κ2) is 4.46. The summed E-state index contributed by atoms with van der Waals surface area (Å²) >= 11 is 6.26. The van der Waals surface area contributed by atoms with Crippen molar-refractivity contribution in [1.82, 2.24) is 9.97 Å². The molecule has 2 aromatic rings. The fourth-order valence-corrected chi connectivity index (χ4v) is 2.56. The van der Waals surface area contributed by atoms with Gasteiger partial charge in [0.25, 0.3) is 5.91 Å². The van der Waals surface area contributed by atoms with Crippen LogP contribution in [0.15, 0.2) is 18.5 Å². The number of alkyl halides is 1. The van der Waals surface area contributed by atoms with Gasteiger partial charge < -0.3 is 15.0 Å². The fourth-order valence-electron chi connectivity index (χ4n) is 2.46. The zero-order valence-corrected chi connectivity index (χ0v) is 12.1. The number of pyridine rings is 1. The van der Waals surface area contributed by atoms with E-state index in [-0.39, 0.29) is 5.91 Å². The first kappa shape index (κ1) is 13.4. The molecule has 0 saturated carbocycles. The van der Waals surface area contributed by atoms with Crippen molar-refractivity contribution in [3.63, 3.8) is 0 Å². The number of rotatable bonds is 2. The van der Waals surface area contributed by atoms with E-state index in [9.17, 15) is 9.90 Å². The molecule has 0 spiro atoms. The third-order valence-electron chi connectivity index (χ3n) is 3.62. The first-order valence-electron chi connectivity index (χ1n) is 6.54. The summed E-state index contributed by atoms with van der Waals surface area (Å²) in [5, 5.41) is 10.4. The number of anilines is 1. The standard InChI is InChI=1S/C14H16ClN3O2/c1-14(2,15)12-5-9-8(6-17-12)10(7-16-9)18-4-3-11(19)13(18)20/h5-7,11,16,19H,3-4H2,1-2H3. The van der Waals surface area contributed by atoms with Gasteiger partial charge in [-0.2, -0.15) is 0 Å². The maximum atomic E-state index is 11.9. The van der Waals surface area contributed by atoms with Crippen molar-refractivity contribution in [2.45, 2.75) is 31.2 Å². The molecule has 5 nitrogen and oxygen atoms in total. The highest BCUT2D eigenvalue weighted by atomic mass is 35.5. The van der Waals surface area contributed by atoms with Crippen LogP contribution in [0.5, 0.6) is 0 Å². The van der Waals surface area contributed by atoms with Gasteiger partial charge in [-0.15, -0.1) is 11.6 Å². The lowest BCUT2D eigenvalue weighted by molar-refractivity contribution is -0.123. The number of aliphatic hydroxyl groups excluding tert-OH is 1. The van der Waals surface area contributed by atoms with Crippen molar-refractivity contribution >= 4 is 34.1 Å². The van der Waals surface area contributed by atoms with Crippen molar-refractivity contribution in [3.05, 3.63) is 24.2 Å². The lowest BCUT2D eigenvalue weighted by Crippen LogP contribution is -2.28. The minimum Gasteiger partial charge on any atom is -0.383 e. The van der Waals surface area contributed by atoms with E-state index < -0.39 is 11.0 Å². The zero-order chi connectivity index (χ0) is 14.5. The SMILES string of the molecule is CC(C)(Cl)c1cc2[nH]cc(N3CCC(O)C3=O)c2cn1. The number of amides is 1. The second-order valence-electron chi connectivity index (χ2n) is 5.56. The smallest absolute Gasteiger partial charge is 0.255 e. The van der Waals surface area contributed by atoms with Crippen molar-refractivity contribution < 1.29 is 9.90 Å². The average Bonchev–Trinajstić information content (AvgIpc) is 2.93. The molecule has 1 aliphatic rings. The fraction of sp³-hybridized carbons (Fsp3) is 0.429. The van der Waals surface area contributed by atoms with Gasteiger partial charge >= 0.3 is 0 Å². The largest absolute Gasteiger partial charge is 0.383 e. The molecule has 2 N–H and O–H groups in total. The Morgan fingerprint density at radius 1 is 1.55 bits per heavy atom. The summed E-state index contributed by atoms with van der Waals surface area (Å²) in [4.78, 5) is 20.5. The van der Waals surface area contributed by atoms with Gasteiger partial charge in [0.1, 0.15) is 6.10 Å². The number of H-pyrrole nitrogens is 1. The highest BCUT2D eigenvalue weighted by Crippen LogP contribution is 2.33. The van der Waals surface area contributed by atoms with Gasteiger partial charge in [0.05, 0.1) is 21.8 Å². The topological polar surface area (TPSA) is 69.2 Å². The van der Waals surface area contributed by atoms with Crippen LogP contribution in [-0.2, 0) is 9.67 Å². The molecule has 1 unspecified atom stereocenters. The summed E-state index contributed by atoms with van der Waals surface area (Å²) in [5.74, 6) is -0.257. The Labute approximate surface area is 121 Å². The van der Waals surface area contributed by atoms with E-state index in [0.29, 0.717) is 13.0 Å². The van der Waals surface area contributed by atoms with Crippen molar-refractivity contribution in [1.29, 1.82) is 0 Å². The number of aromatic nitrogens is 2. The zero-order valence-electron chi connectivity index (χ0n) is 11.4. The molecule has 0 radical (unpaired) electrons. The molecule has 1 saturated heterocycles. The van der Waals surface area contributed by atoms with Crippen LogP contribution in [-0.4, -0.2) is 33.6 Å². The third-order valence-corrected chi connectivity index (χ3v) is 3.82. The van der Waals surface area contributed by atoms with Gasteiger partial charge in [-0.05, 0) is 19.9 Å². The number of carbonyl (C=O) groups is 1. The van der Waals surface area contributed by atoms with E-state index in [4.69, 9.17) is 11.6 Å². The summed E-state index contributed by atoms with van der Waals surface area (Å²) in [5.41, 5.74) is 2.41. The van der Waals surface area contributed by atoms with Gasteiger partial charge in [0.2, 0.25) is 0 Å². The maximum Gasteiger partial charge on any atom is 0.255 e. The lowest BCUT2D eigenvalue weighted by Gasteiger charge is -2.16. The molecule has 3 rings (SSSR count). The summed E-state index contributed by atoms with van der Waals surface area (Å²) in [7, 11) is 0. The number of nitrogens with one attached hydrogen (secondary N) is 1. The Bertz CT molecular complexity index is 675. The number of carbonyl (C=O) groups excluding carboxylic acids is 1. The van der Waals surface area contributed by atoms with Crippen LogP contribution in [0, 0.1) is 0 Å². The molecular formula is C14H16ClN3O2. The Morgan fingerprint density at radius 3 is 2.90 bits per heavy atom. The normalized spacial score (nSPS) is 20.1. The molecule has 106 valence electrons. The van der Waals surface area contributed by atoms with Gasteiger partial charge in [-0.25, -0.2) is 0 Å². The third kappa shape index (κ3) is 2.07. The second-order valence-corrected chi connectivity index (χ2v) is 6.50. The molecule has 1 fully saturated rings. The molecule has 1 aliphatic heterocycles. The van der Waals surface area contributed by atoms with Crippen LogP contribution in [0.2, 0.25) is 0 Å². The maximum absolute atomic E-state index is 11.9. The van der Waals surface area contributed by atoms with E-state index in [2.05, 4.69) is 9.97 Å². The van der Waals surface area contributed by atoms with Gasteiger partial charge in [0, 0.05) is 30.7 Å². The Morgan fingerprint density at radius 2 is 2.30 bits per heavy atom. The van der Waals surface area contributed by atoms with E-state index in [1.54, 1.807) is 17.3 Å². The highest BCUT2D eigenvalue weighted by Gasteiger charge is 2.32. The van der Waals surface area contributed by atoms with Crippen LogP contribution < -0.4 is 4.90 Å². The van der Waals surface area contributed by atoms with Crippen LogP contribution >= 0.6 is 11.6 Å². The van der Waals surface area contributed by atoms with Crippen LogP contribution in [0.3, 0.4) is 0 Å². The number of nitrogens with zero attached hydrogens (tertiary/aromatic N) is 2. The van der Waals surface area contributed by atoms with Gasteiger partial charge in [0.15, 0.2) is 0 Å². The molecule has 20 heavy (non-hydrogen) atoms.